The van der Waals surface area contributed by atoms with E-state index in [1.165, 1.54) is 0 Å². The van der Waals surface area contributed by atoms with Crippen LogP contribution in [0.15, 0.2) is 42.5 Å². The summed E-state index contributed by atoms with van der Waals surface area (Å²) in [5.41, 5.74) is 0.687. The first kappa shape index (κ1) is 13.8. The van der Waals surface area contributed by atoms with Gasteiger partial charge in [0.2, 0.25) is 0 Å². The van der Waals surface area contributed by atoms with Crippen molar-refractivity contribution in [2.24, 2.45) is 0 Å². The first-order chi connectivity index (χ1) is 7.68. The second-order valence-corrected chi connectivity index (χ2v) is 4.05. The summed E-state index contributed by atoms with van der Waals surface area (Å²) in [5, 5.41) is 6.11. The molecule has 0 N–H and O–H groups in total. The number of benzene rings is 2. The Bertz CT molecular complexity index is 517. The third-order valence-electron chi connectivity index (χ3n) is 2.40. The maximum atomic E-state index is 11.9. The van der Waals surface area contributed by atoms with E-state index in [9.17, 15) is 4.79 Å². The van der Waals surface area contributed by atoms with Gasteiger partial charge in [0.05, 0.1) is 0 Å². The van der Waals surface area contributed by atoms with Crippen LogP contribution in [0.25, 0.3) is 10.8 Å². The zero-order valence-corrected chi connectivity index (χ0v) is 9.47. The van der Waals surface area contributed by atoms with Crippen LogP contribution in [0.1, 0.15) is 24.2 Å². The second-order valence-electron chi connectivity index (χ2n) is 4.05. The van der Waals surface area contributed by atoms with Gasteiger partial charge in [0.25, 0.3) is 5.91 Å². The van der Waals surface area contributed by atoms with Gasteiger partial charge in [0, 0.05) is 11.6 Å². The van der Waals surface area contributed by atoms with E-state index in [1.54, 1.807) is 0 Å². The summed E-state index contributed by atoms with van der Waals surface area (Å²) in [6.07, 6.45) is 0. The quantitative estimate of drug-likeness (QED) is 0.715. The Labute approximate surface area is 114 Å². The molecular formula is C14H15LiNO. The molecule has 0 fully saturated rings. The van der Waals surface area contributed by atoms with Gasteiger partial charge in [0.1, 0.15) is 0 Å². The summed E-state index contributed by atoms with van der Waals surface area (Å²) in [6.45, 7) is 3.81. The zero-order chi connectivity index (χ0) is 11.5. The van der Waals surface area contributed by atoms with E-state index >= 15 is 0 Å². The van der Waals surface area contributed by atoms with E-state index in [4.69, 9.17) is 0 Å². The fourth-order valence-electron chi connectivity index (χ4n) is 1.72. The van der Waals surface area contributed by atoms with Crippen LogP contribution < -0.4 is 5.32 Å². The number of hydrogen-bond donors (Lipinski definition) is 0. The molecule has 0 saturated heterocycles. The second kappa shape index (κ2) is 5.91. The Hall–Kier alpha value is -1.23. The predicted molar refractivity (Wildman–Crippen MR) is 72.7 cm³/mol. The number of hydrogen-bond acceptors (Lipinski definition) is 1. The normalized spacial score (nSPS) is 10.1. The minimum atomic E-state index is -0.133. The van der Waals surface area contributed by atoms with Gasteiger partial charge in [-0.2, -0.15) is 0 Å². The van der Waals surface area contributed by atoms with Crippen LogP contribution >= 0.6 is 0 Å². The Balaban J connectivity index is 0.00000144. The number of nitrogens with zero attached hydrogens (tertiary/aromatic N) is 1. The molecule has 0 aliphatic heterocycles. The summed E-state index contributed by atoms with van der Waals surface area (Å²) < 4.78 is 0. The SMILES string of the molecule is CC(C)[N]C(=O)c1cccc2ccccc12.[LiH]. The van der Waals surface area contributed by atoms with Gasteiger partial charge in [0.15, 0.2) is 0 Å². The molecule has 0 spiro atoms. The van der Waals surface area contributed by atoms with E-state index in [1.807, 2.05) is 56.3 Å². The average molecular weight is 220 g/mol. The molecule has 83 valence electrons. The Kier molecular flexibility index (Phi) is 4.81. The molecule has 0 aliphatic carbocycles. The van der Waals surface area contributed by atoms with Gasteiger partial charge in [-0.1, -0.05) is 36.4 Å². The number of fused-ring (bicyclic) bond motifs is 1. The molecule has 0 heterocycles. The molecule has 1 amide bonds. The van der Waals surface area contributed by atoms with Gasteiger partial charge in [-0.3, -0.25) is 4.79 Å². The molecule has 2 rings (SSSR count). The molecule has 2 nitrogen and oxygen atoms in total. The fourth-order valence-corrected chi connectivity index (χ4v) is 1.72. The van der Waals surface area contributed by atoms with Crippen LogP contribution in [0, 0.1) is 0 Å². The van der Waals surface area contributed by atoms with Crippen LogP contribution in [0.5, 0.6) is 0 Å². The standard InChI is InChI=1S/C14H14NO.Li.H/c1-10(2)15-14(16)13-9-5-7-11-6-3-4-8-12(11)13;;/h3-10H,1-2H3;;. The molecule has 0 aliphatic rings. The number of amides is 1. The topological polar surface area (TPSA) is 31.2 Å². The van der Waals surface area contributed by atoms with Gasteiger partial charge in [-0.15, -0.1) is 0 Å². The molecular weight excluding hydrogens is 205 g/mol. The van der Waals surface area contributed by atoms with Crippen molar-refractivity contribution in [3.63, 3.8) is 0 Å². The molecule has 0 atom stereocenters. The van der Waals surface area contributed by atoms with E-state index in [0.717, 1.165) is 10.8 Å². The summed E-state index contributed by atoms with van der Waals surface area (Å²) in [6, 6.07) is 13.6. The van der Waals surface area contributed by atoms with E-state index < -0.39 is 0 Å². The van der Waals surface area contributed by atoms with Gasteiger partial charge < -0.3 is 0 Å². The molecule has 1 radical (unpaired) electrons. The number of carbonyl (C=O) groups excluding carboxylic acids is 1. The summed E-state index contributed by atoms with van der Waals surface area (Å²) in [7, 11) is 0. The maximum absolute atomic E-state index is 11.9. The first-order valence-corrected chi connectivity index (χ1v) is 5.41. The molecule has 0 aromatic heterocycles. The fraction of sp³-hybridized carbons (Fsp3) is 0.214. The molecule has 0 bridgehead atoms. The van der Waals surface area contributed by atoms with Crippen molar-refractivity contribution in [1.82, 2.24) is 5.32 Å². The molecule has 17 heavy (non-hydrogen) atoms. The van der Waals surface area contributed by atoms with Crippen LogP contribution in [0.3, 0.4) is 0 Å². The van der Waals surface area contributed by atoms with Crippen molar-refractivity contribution in [3.8, 4) is 0 Å². The Morgan fingerprint density at radius 1 is 1.06 bits per heavy atom. The molecule has 3 heteroatoms. The third kappa shape index (κ3) is 3.12. The summed E-state index contributed by atoms with van der Waals surface area (Å²) >= 11 is 0. The molecule has 2 aromatic rings. The van der Waals surface area contributed by atoms with Crippen molar-refractivity contribution in [2.45, 2.75) is 19.9 Å². The van der Waals surface area contributed by atoms with Crippen LogP contribution in [0.2, 0.25) is 0 Å². The number of rotatable bonds is 2. The Morgan fingerprint density at radius 3 is 2.41 bits per heavy atom. The van der Waals surface area contributed by atoms with Crippen LogP contribution in [-0.4, -0.2) is 30.8 Å². The predicted octanol–water partition coefficient (Wildman–Crippen LogP) is 2.34. The summed E-state index contributed by atoms with van der Waals surface area (Å²) in [5.74, 6) is -0.133. The first-order valence-electron chi connectivity index (χ1n) is 5.41. The van der Waals surface area contributed by atoms with Crippen molar-refractivity contribution in [2.75, 3.05) is 0 Å². The van der Waals surface area contributed by atoms with Crippen molar-refractivity contribution in [3.05, 3.63) is 48.0 Å². The zero-order valence-electron chi connectivity index (χ0n) is 9.47. The van der Waals surface area contributed by atoms with Crippen molar-refractivity contribution in [1.29, 1.82) is 0 Å². The monoisotopic (exact) mass is 220 g/mol. The van der Waals surface area contributed by atoms with Crippen LogP contribution in [-0.2, 0) is 0 Å². The van der Waals surface area contributed by atoms with Crippen molar-refractivity contribution >= 4 is 35.5 Å². The van der Waals surface area contributed by atoms with Gasteiger partial charge >= 0.3 is 18.9 Å². The van der Waals surface area contributed by atoms with E-state index in [-0.39, 0.29) is 30.8 Å². The van der Waals surface area contributed by atoms with E-state index in [2.05, 4.69) is 5.32 Å². The van der Waals surface area contributed by atoms with Gasteiger partial charge in [-0.25, -0.2) is 5.32 Å². The van der Waals surface area contributed by atoms with Crippen molar-refractivity contribution < 1.29 is 4.79 Å². The summed E-state index contributed by atoms with van der Waals surface area (Å²) in [4.78, 5) is 11.9. The minimum absolute atomic E-state index is 0. The van der Waals surface area contributed by atoms with Gasteiger partial charge in [-0.05, 0) is 30.7 Å². The van der Waals surface area contributed by atoms with E-state index in [0.29, 0.717) is 5.56 Å². The number of carbonyl (C=O) groups is 1. The average Bonchev–Trinajstić information content (AvgIpc) is 2.27. The molecule has 0 unspecified atom stereocenters. The Morgan fingerprint density at radius 2 is 1.71 bits per heavy atom. The molecule has 2 aromatic carbocycles. The third-order valence-corrected chi connectivity index (χ3v) is 2.40. The molecule has 0 saturated carbocycles. The van der Waals surface area contributed by atoms with Crippen LogP contribution in [0.4, 0.5) is 0 Å².